The number of nitrogens with zero attached hydrogens (tertiary/aromatic N) is 1. The molecule has 1 aliphatic rings. The Morgan fingerprint density at radius 1 is 0.750 bits per heavy atom. The normalized spacial score (nSPS) is 17.9. The Balaban J connectivity index is 3.11. The average molecular weight is 631 g/mol. The third-order valence-corrected chi connectivity index (χ3v) is 6.57. The van der Waals surface area contributed by atoms with Gasteiger partial charge in [0, 0.05) is 6.54 Å². The van der Waals surface area contributed by atoms with E-state index in [1.165, 1.54) is 0 Å². The van der Waals surface area contributed by atoms with E-state index in [0.29, 0.717) is 6.42 Å². The van der Waals surface area contributed by atoms with E-state index in [9.17, 15) is 48.6 Å². The lowest BCUT2D eigenvalue weighted by Gasteiger charge is -2.29. The number of aliphatic hydroxyl groups excluding tert-OH is 2. The summed E-state index contributed by atoms with van der Waals surface area (Å²) < 4.78 is 0. The topological polar surface area (TPSA) is 327 Å². The molecule has 1 fully saturated rings. The second-order valence-corrected chi connectivity index (χ2v) is 10.7. The predicted molar refractivity (Wildman–Crippen MR) is 149 cm³/mol. The van der Waals surface area contributed by atoms with Crippen LogP contribution in [-0.2, 0) is 38.4 Å². The summed E-state index contributed by atoms with van der Waals surface area (Å²) in [4.78, 5) is 100. The molecular formula is C25H42N8O11. The van der Waals surface area contributed by atoms with E-state index in [-0.39, 0.29) is 25.3 Å². The summed E-state index contributed by atoms with van der Waals surface area (Å²) in [5.41, 5.74) is 15.7. The molecule has 19 nitrogen and oxygen atoms in total. The lowest BCUT2D eigenvalue weighted by Crippen LogP contribution is -2.60. The van der Waals surface area contributed by atoms with Crippen LogP contribution in [0.3, 0.4) is 0 Å². The van der Waals surface area contributed by atoms with Crippen molar-refractivity contribution in [1.82, 2.24) is 26.2 Å². The molecule has 19 heteroatoms. The van der Waals surface area contributed by atoms with Gasteiger partial charge in [-0.3, -0.25) is 33.6 Å². The molecule has 0 aromatic rings. The minimum Gasteiger partial charge on any atom is -0.480 e. The first kappa shape index (κ1) is 37.7. The lowest BCUT2D eigenvalue weighted by atomic mass is 10.0. The molecule has 13 N–H and O–H groups in total. The molecule has 1 heterocycles. The molecule has 7 amide bonds. The molecule has 1 saturated heterocycles. The van der Waals surface area contributed by atoms with E-state index in [1.807, 2.05) is 0 Å². The van der Waals surface area contributed by atoms with Crippen LogP contribution in [0.25, 0.3) is 0 Å². The molecule has 0 aliphatic carbocycles. The van der Waals surface area contributed by atoms with E-state index in [2.05, 4.69) is 21.3 Å². The number of carbonyl (C=O) groups excluding carboxylic acids is 7. The molecule has 0 unspecified atom stereocenters. The molecule has 0 radical (unpaired) electrons. The molecule has 0 saturated carbocycles. The average Bonchev–Trinajstić information content (AvgIpc) is 3.43. The Morgan fingerprint density at radius 2 is 1.20 bits per heavy atom. The molecule has 44 heavy (non-hydrogen) atoms. The molecular weight excluding hydrogens is 588 g/mol. The first-order valence-corrected chi connectivity index (χ1v) is 13.8. The van der Waals surface area contributed by atoms with Gasteiger partial charge in [-0.05, 0) is 25.2 Å². The van der Waals surface area contributed by atoms with Gasteiger partial charge < -0.3 is 58.7 Å². The van der Waals surface area contributed by atoms with Crippen molar-refractivity contribution in [2.75, 3.05) is 19.8 Å². The highest BCUT2D eigenvalue weighted by atomic mass is 16.4. The van der Waals surface area contributed by atoms with Crippen LogP contribution in [0.4, 0.5) is 0 Å². The van der Waals surface area contributed by atoms with E-state index >= 15 is 0 Å². The van der Waals surface area contributed by atoms with E-state index in [4.69, 9.17) is 22.3 Å². The van der Waals surface area contributed by atoms with E-state index in [1.54, 1.807) is 13.8 Å². The Morgan fingerprint density at radius 3 is 1.64 bits per heavy atom. The van der Waals surface area contributed by atoms with Crippen molar-refractivity contribution in [3.63, 3.8) is 0 Å². The maximum absolute atomic E-state index is 13.3. The van der Waals surface area contributed by atoms with Crippen LogP contribution < -0.4 is 38.5 Å². The second-order valence-electron chi connectivity index (χ2n) is 10.7. The fourth-order valence-electron chi connectivity index (χ4n) is 4.37. The number of rotatable bonds is 18. The van der Waals surface area contributed by atoms with Gasteiger partial charge in [-0.15, -0.1) is 0 Å². The highest BCUT2D eigenvalue weighted by Gasteiger charge is 2.39. The number of nitrogens with two attached hydrogens (primary N) is 3. The zero-order chi connectivity index (χ0) is 33.7. The van der Waals surface area contributed by atoms with Crippen LogP contribution in [0.2, 0.25) is 0 Å². The Bertz CT molecular complexity index is 1100. The van der Waals surface area contributed by atoms with Crippen molar-refractivity contribution < 1.29 is 53.7 Å². The van der Waals surface area contributed by atoms with Crippen molar-refractivity contribution in [2.45, 2.75) is 82.2 Å². The Kier molecular flexibility index (Phi) is 15.1. The Hall–Kier alpha value is -4.36. The summed E-state index contributed by atoms with van der Waals surface area (Å²) in [6, 6.07) is -8.87. The molecule has 6 atom stereocenters. The van der Waals surface area contributed by atoms with Crippen LogP contribution in [-0.4, -0.2) is 124 Å². The first-order valence-electron chi connectivity index (χ1n) is 13.8. The predicted octanol–water partition coefficient (Wildman–Crippen LogP) is -5.89. The minimum atomic E-state index is -1.78. The van der Waals surface area contributed by atoms with Gasteiger partial charge in [0.1, 0.15) is 36.3 Å². The fraction of sp³-hybridized carbons (Fsp3) is 0.680. The molecule has 1 rings (SSSR count). The zero-order valence-corrected chi connectivity index (χ0v) is 24.5. The number of carboxylic acids is 1. The third-order valence-electron chi connectivity index (χ3n) is 6.57. The maximum atomic E-state index is 13.3. The van der Waals surface area contributed by atoms with Crippen molar-refractivity contribution in [3.05, 3.63) is 0 Å². The number of aliphatic hydroxyl groups is 2. The summed E-state index contributed by atoms with van der Waals surface area (Å²) in [5, 5.41) is 37.0. The second kappa shape index (κ2) is 17.7. The quantitative estimate of drug-likeness (QED) is 0.0677. The van der Waals surface area contributed by atoms with Crippen molar-refractivity contribution in [3.8, 4) is 0 Å². The minimum absolute atomic E-state index is 0.0902. The highest BCUT2D eigenvalue weighted by molar-refractivity contribution is 5.98. The zero-order valence-electron chi connectivity index (χ0n) is 24.5. The van der Waals surface area contributed by atoms with Gasteiger partial charge in [0.05, 0.1) is 26.1 Å². The van der Waals surface area contributed by atoms with Gasteiger partial charge in [-0.1, -0.05) is 13.8 Å². The molecule has 1 aliphatic heterocycles. The molecule has 0 aromatic carbocycles. The van der Waals surface area contributed by atoms with Crippen LogP contribution in [0.15, 0.2) is 0 Å². The van der Waals surface area contributed by atoms with Gasteiger partial charge in [0.25, 0.3) is 0 Å². The molecule has 0 aromatic heterocycles. The van der Waals surface area contributed by atoms with Crippen molar-refractivity contribution in [2.24, 2.45) is 23.1 Å². The Labute approximate surface area is 252 Å². The summed E-state index contributed by atoms with van der Waals surface area (Å²) >= 11 is 0. The number of hydrogen-bond acceptors (Lipinski definition) is 11. The summed E-state index contributed by atoms with van der Waals surface area (Å²) in [7, 11) is 0. The first-order chi connectivity index (χ1) is 20.5. The van der Waals surface area contributed by atoms with Crippen LogP contribution in [0, 0.1) is 5.92 Å². The fourth-order valence-corrected chi connectivity index (χ4v) is 4.37. The van der Waals surface area contributed by atoms with Gasteiger partial charge in [0.2, 0.25) is 41.4 Å². The smallest absolute Gasteiger partial charge is 0.326 e. The number of amides is 7. The van der Waals surface area contributed by atoms with Gasteiger partial charge in [0.15, 0.2) is 0 Å². The lowest BCUT2D eigenvalue weighted by molar-refractivity contribution is -0.149. The summed E-state index contributed by atoms with van der Waals surface area (Å²) in [6.07, 6.45) is -0.735. The van der Waals surface area contributed by atoms with Crippen LogP contribution in [0.1, 0.15) is 46.0 Å². The maximum Gasteiger partial charge on any atom is 0.326 e. The van der Waals surface area contributed by atoms with Crippen molar-refractivity contribution >= 4 is 47.3 Å². The van der Waals surface area contributed by atoms with Crippen molar-refractivity contribution in [1.29, 1.82) is 0 Å². The SMILES string of the molecule is CC(C)C[C@H](NC(=O)[C@H](CC(N)=O)NC(=O)[C@H](CO)NC(=O)[C@H](CC(N)=O)NC(=O)[C@@H](N)CO)C(=O)N1CCC[C@H]1C(=O)O. The number of primary amides is 2. The number of likely N-dealkylation sites (tertiary alicyclic amines) is 1. The van der Waals surface area contributed by atoms with Gasteiger partial charge in [-0.25, -0.2) is 4.79 Å². The van der Waals surface area contributed by atoms with Crippen LogP contribution in [0.5, 0.6) is 0 Å². The number of carboxylic acid groups (broad SMARTS) is 1. The number of aliphatic carboxylic acids is 1. The summed E-state index contributed by atoms with van der Waals surface area (Å²) in [5.74, 6) is -8.45. The monoisotopic (exact) mass is 630 g/mol. The van der Waals surface area contributed by atoms with E-state index < -0.39 is 110 Å². The standard InChI is InChI=1S/C25H42N8O11/c1-11(2)6-15(24(42)33-5-3-4-17(33)25(43)44)31-21(39)14(8-19(28)37)30-23(41)16(10-35)32-22(40)13(7-18(27)36)29-20(38)12(26)9-34/h11-17,34-35H,3-10,26H2,1-2H3,(H2,27,36)(H2,28,37)(H,29,38)(H,30,41)(H,31,39)(H,32,40)(H,43,44)/t12-,13-,14-,15-,16-,17-/m0/s1. The molecule has 0 bridgehead atoms. The number of hydrogen-bond donors (Lipinski definition) is 10. The van der Waals surface area contributed by atoms with E-state index in [0.717, 1.165) is 4.90 Å². The highest BCUT2D eigenvalue weighted by Crippen LogP contribution is 2.20. The van der Waals surface area contributed by atoms with Gasteiger partial charge in [-0.2, -0.15) is 0 Å². The largest absolute Gasteiger partial charge is 0.480 e. The van der Waals surface area contributed by atoms with Gasteiger partial charge >= 0.3 is 5.97 Å². The number of nitrogens with one attached hydrogen (secondary N) is 4. The third kappa shape index (κ3) is 11.7. The number of carbonyl (C=O) groups is 8. The molecule has 248 valence electrons. The molecule has 0 spiro atoms. The van der Waals surface area contributed by atoms with Crippen LogP contribution >= 0.6 is 0 Å². The summed E-state index contributed by atoms with van der Waals surface area (Å²) in [6.45, 7) is 1.84.